The fraction of sp³-hybridized carbons (Fsp3) is 0.100. The highest BCUT2D eigenvalue weighted by Gasteiger charge is 2.24. The monoisotopic (exact) mass is 364 g/mol. The molecule has 7 nitrogen and oxygen atoms in total. The molecule has 1 aliphatic heterocycles. The van der Waals surface area contributed by atoms with Crippen molar-refractivity contribution in [3.63, 3.8) is 0 Å². The van der Waals surface area contributed by atoms with Crippen LogP contribution in [-0.4, -0.2) is 30.9 Å². The van der Waals surface area contributed by atoms with Crippen molar-refractivity contribution in [3.05, 3.63) is 70.9 Å². The SMILES string of the molecule is COC(=O)c1ccc(/C=C2\N=C(c3ccc(NC(C)=O)cc3)OC2=O)cc1. The van der Waals surface area contributed by atoms with E-state index in [0.29, 0.717) is 22.4 Å². The Morgan fingerprint density at radius 3 is 2.33 bits per heavy atom. The molecule has 136 valence electrons. The molecule has 0 fully saturated rings. The maximum Gasteiger partial charge on any atom is 0.363 e. The number of amides is 1. The predicted octanol–water partition coefficient (Wildman–Crippen LogP) is 2.78. The smallest absolute Gasteiger partial charge is 0.363 e. The van der Waals surface area contributed by atoms with Crippen molar-refractivity contribution in [2.75, 3.05) is 12.4 Å². The molecule has 2 aromatic rings. The highest BCUT2D eigenvalue weighted by atomic mass is 16.6. The first kappa shape index (κ1) is 18.1. The van der Waals surface area contributed by atoms with E-state index in [-0.39, 0.29) is 17.5 Å². The number of ether oxygens (including phenoxy) is 2. The Morgan fingerprint density at radius 2 is 1.74 bits per heavy atom. The zero-order chi connectivity index (χ0) is 19.4. The fourth-order valence-corrected chi connectivity index (χ4v) is 2.42. The van der Waals surface area contributed by atoms with Gasteiger partial charge >= 0.3 is 11.9 Å². The van der Waals surface area contributed by atoms with Gasteiger partial charge in [-0.05, 0) is 48.0 Å². The number of esters is 2. The van der Waals surface area contributed by atoms with Crippen molar-refractivity contribution in [1.82, 2.24) is 0 Å². The van der Waals surface area contributed by atoms with E-state index in [1.165, 1.54) is 14.0 Å². The number of anilines is 1. The van der Waals surface area contributed by atoms with E-state index >= 15 is 0 Å². The van der Waals surface area contributed by atoms with Gasteiger partial charge in [0.25, 0.3) is 0 Å². The Kier molecular flexibility index (Phi) is 5.12. The van der Waals surface area contributed by atoms with Crippen LogP contribution in [-0.2, 0) is 19.1 Å². The number of hydrogen-bond donors (Lipinski definition) is 1. The van der Waals surface area contributed by atoms with Gasteiger partial charge in [-0.25, -0.2) is 14.6 Å². The zero-order valence-corrected chi connectivity index (χ0v) is 14.7. The summed E-state index contributed by atoms with van der Waals surface area (Å²) >= 11 is 0. The molecule has 2 aromatic carbocycles. The van der Waals surface area contributed by atoms with Gasteiger partial charge in [0, 0.05) is 18.2 Å². The van der Waals surface area contributed by atoms with Crippen LogP contribution in [0.5, 0.6) is 0 Å². The van der Waals surface area contributed by atoms with Gasteiger partial charge in [-0.2, -0.15) is 0 Å². The van der Waals surface area contributed by atoms with Gasteiger partial charge in [0.15, 0.2) is 5.70 Å². The average molecular weight is 364 g/mol. The molecule has 1 aliphatic rings. The van der Waals surface area contributed by atoms with Crippen LogP contribution in [0.3, 0.4) is 0 Å². The summed E-state index contributed by atoms with van der Waals surface area (Å²) in [6.07, 6.45) is 1.57. The molecule has 0 aliphatic carbocycles. The molecular weight excluding hydrogens is 348 g/mol. The second kappa shape index (κ2) is 7.65. The summed E-state index contributed by atoms with van der Waals surface area (Å²) in [5.41, 5.74) is 2.51. The number of aliphatic imine (C=N–C) groups is 1. The lowest BCUT2D eigenvalue weighted by Gasteiger charge is -2.03. The van der Waals surface area contributed by atoms with E-state index in [1.807, 2.05) is 0 Å². The van der Waals surface area contributed by atoms with E-state index in [0.717, 1.165) is 0 Å². The Hall–Kier alpha value is -3.74. The molecule has 0 aromatic heterocycles. The Bertz CT molecular complexity index is 957. The van der Waals surface area contributed by atoms with Crippen LogP contribution in [0.15, 0.2) is 59.2 Å². The highest BCUT2D eigenvalue weighted by molar-refractivity contribution is 6.13. The summed E-state index contributed by atoms with van der Waals surface area (Å²) in [6.45, 7) is 1.42. The van der Waals surface area contributed by atoms with Crippen LogP contribution < -0.4 is 5.32 Å². The molecule has 0 atom stereocenters. The van der Waals surface area contributed by atoms with Crippen LogP contribution in [0, 0.1) is 0 Å². The zero-order valence-electron chi connectivity index (χ0n) is 14.7. The Balaban J connectivity index is 1.80. The third-order valence-corrected chi connectivity index (χ3v) is 3.71. The lowest BCUT2D eigenvalue weighted by Crippen LogP contribution is -2.07. The van der Waals surface area contributed by atoms with E-state index in [1.54, 1.807) is 54.6 Å². The Morgan fingerprint density at radius 1 is 1.07 bits per heavy atom. The molecule has 0 spiro atoms. The molecular formula is C20H16N2O5. The molecule has 0 unspecified atom stereocenters. The summed E-state index contributed by atoms with van der Waals surface area (Å²) in [4.78, 5) is 38.8. The summed E-state index contributed by atoms with van der Waals surface area (Å²) in [5, 5.41) is 2.66. The number of carbonyl (C=O) groups excluding carboxylic acids is 3. The quantitative estimate of drug-likeness (QED) is 0.665. The first-order valence-corrected chi connectivity index (χ1v) is 8.05. The van der Waals surface area contributed by atoms with Crippen LogP contribution in [0.25, 0.3) is 6.08 Å². The van der Waals surface area contributed by atoms with E-state index in [2.05, 4.69) is 15.0 Å². The first-order valence-electron chi connectivity index (χ1n) is 8.05. The number of nitrogens with one attached hydrogen (secondary N) is 1. The maximum absolute atomic E-state index is 12.1. The van der Waals surface area contributed by atoms with E-state index < -0.39 is 11.9 Å². The number of hydrogen-bond acceptors (Lipinski definition) is 6. The van der Waals surface area contributed by atoms with Gasteiger partial charge in [-0.1, -0.05) is 12.1 Å². The molecule has 1 N–H and O–H groups in total. The lowest BCUT2D eigenvalue weighted by atomic mass is 10.1. The van der Waals surface area contributed by atoms with Crippen molar-refractivity contribution >= 4 is 35.5 Å². The van der Waals surface area contributed by atoms with Crippen molar-refractivity contribution in [3.8, 4) is 0 Å². The lowest BCUT2D eigenvalue weighted by molar-refractivity contribution is -0.129. The summed E-state index contributed by atoms with van der Waals surface area (Å²) in [6, 6.07) is 13.4. The molecule has 27 heavy (non-hydrogen) atoms. The van der Waals surface area contributed by atoms with Crippen molar-refractivity contribution in [2.24, 2.45) is 4.99 Å². The minimum absolute atomic E-state index is 0.154. The molecule has 0 radical (unpaired) electrons. The molecule has 1 heterocycles. The van der Waals surface area contributed by atoms with E-state index in [9.17, 15) is 14.4 Å². The van der Waals surface area contributed by atoms with E-state index in [4.69, 9.17) is 4.74 Å². The van der Waals surface area contributed by atoms with Gasteiger partial charge in [0.2, 0.25) is 11.8 Å². The van der Waals surface area contributed by atoms with Gasteiger partial charge < -0.3 is 14.8 Å². The number of carbonyl (C=O) groups is 3. The first-order chi connectivity index (χ1) is 13.0. The molecule has 7 heteroatoms. The number of benzene rings is 2. The molecule has 0 bridgehead atoms. The number of methoxy groups -OCH3 is 1. The summed E-state index contributed by atoms with van der Waals surface area (Å²) in [5.74, 6) is -0.979. The highest BCUT2D eigenvalue weighted by Crippen LogP contribution is 2.20. The van der Waals surface area contributed by atoms with Gasteiger partial charge in [-0.3, -0.25) is 4.79 Å². The fourth-order valence-electron chi connectivity index (χ4n) is 2.42. The third-order valence-electron chi connectivity index (χ3n) is 3.71. The number of cyclic esters (lactones) is 1. The van der Waals surface area contributed by atoms with Crippen LogP contribution >= 0.6 is 0 Å². The molecule has 0 saturated heterocycles. The second-order valence-corrected chi connectivity index (χ2v) is 5.71. The standard InChI is InChI=1S/C20H16N2O5/c1-12(23)21-16-9-7-14(8-10-16)18-22-17(20(25)27-18)11-13-3-5-15(6-4-13)19(24)26-2/h3-11H,1-2H3,(H,21,23)/b17-11-. The largest absolute Gasteiger partial charge is 0.465 e. The topological polar surface area (TPSA) is 94.1 Å². The van der Waals surface area contributed by atoms with Crippen LogP contribution in [0.2, 0.25) is 0 Å². The molecule has 1 amide bonds. The molecule has 0 saturated carbocycles. The maximum atomic E-state index is 12.1. The predicted molar refractivity (Wildman–Crippen MR) is 99.1 cm³/mol. The van der Waals surface area contributed by atoms with Crippen molar-refractivity contribution in [2.45, 2.75) is 6.92 Å². The number of nitrogens with zero attached hydrogens (tertiary/aromatic N) is 1. The average Bonchev–Trinajstić information content (AvgIpc) is 3.02. The second-order valence-electron chi connectivity index (χ2n) is 5.71. The minimum atomic E-state index is -0.562. The molecule has 3 rings (SSSR count). The van der Waals surface area contributed by atoms with Crippen molar-refractivity contribution in [1.29, 1.82) is 0 Å². The van der Waals surface area contributed by atoms with Crippen LogP contribution in [0.1, 0.15) is 28.4 Å². The van der Waals surface area contributed by atoms with Gasteiger partial charge in [-0.15, -0.1) is 0 Å². The number of rotatable bonds is 4. The van der Waals surface area contributed by atoms with Crippen LogP contribution in [0.4, 0.5) is 5.69 Å². The minimum Gasteiger partial charge on any atom is -0.465 e. The normalized spacial score (nSPS) is 14.5. The Labute approximate surface area is 155 Å². The van der Waals surface area contributed by atoms with Crippen molar-refractivity contribution < 1.29 is 23.9 Å². The van der Waals surface area contributed by atoms with Gasteiger partial charge in [0.1, 0.15) is 0 Å². The summed E-state index contributed by atoms with van der Waals surface area (Å²) < 4.78 is 9.86. The van der Waals surface area contributed by atoms with Gasteiger partial charge in [0.05, 0.1) is 12.7 Å². The third kappa shape index (κ3) is 4.27. The summed E-state index contributed by atoms with van der Waals surface area (Å²) in [7, 11) is 1.31.